The minimum Gasteiger partial charge on any atom is -0.214 e. The summed E-state index contributed by atoms with van der Waals surface area (Å²) >= 11 is 0. The second kappa shape index (κ2) is 19.0. The number of hydrogen-bond donors (Lipinski definition) is 0. The molecule has 103 valence electrons. The zero-order chi connectivity index (χ0) is 12.6. The third-order valence-corrected chi connectivity index (χ3v) is 3.67. The van der Waals surface area contributed by atoms with E-state index in [2.05, 4.69) is 13.8 Å². The molecule has 0 atom stereocenters. The van der Waals surface area contributed by atoms with Crippen LogP contribution >= 0.6 is 8.58 Å². The largest absolute Gasteiger partial charge is 2.00 e. The molecule has 0 fully saturated rings. The Balaban J connectivity index is 0. The standard InChI is InChI=1S/C6H15P.2C5H5.Co/c1-3-5-7-6-4-2;2*1-2-4-5-3-1;/h7H,3-6H2,1-2H3;2*1-5H;/q;2*-1;+2. The zero-order valence-corrected chi connectivity index (χ0v) is 13.5. The minimum atomic E-state index is 0. The molecule has 0 nitrogen and oxygen atoms in total. The van der Waals surface area contributed by atoms with Crippen molar-refractivity contribution in [2.45, 2.75) is 26.7 Å². The molecule has 0 spiro atoms. The molecule has 0 saturated heterocycles. The van der Waals surface area contributed by atoms with Gasteiger partial charge < -0.3 is 0 Å². The van der Waals surface area contributed by atoms with Crippen molar-refractivity contribution in [3.8, 4) is 0 Å². The van der Waals surface area contributed by atoms with Crippen LogP contribution in [0.5, 0.6) is 0 Å². The second-order valence-corrected chi connectivity index (χ2v) is 5.17. The van der Waals surface area contributed by atoms with Gasteiger partial charge in [-0.05, 0) is 12.3 Å². The van der Waals surface area contributed by atoms with Crippen molar-refractivity contribution < 1.29 is 16.8 Å². The van der Waals surface area contributed by atoms with Gasteiger partial charge in [-0.15, -0.1) is 8.58 Å². The van der Waals surface area contributed by atoms with Gasteiger partial charge in [-0.2, -0.15) is 36.4 Å². The average molecular weight is 307 g/mol. The number of hydrogen-bond acceptors (Lipinski definition) is 0. The van der Waals surface area contributed by atoms with Crippen LogP contribution in [-0.2, 0) is 16.8 Å². The molecule has 0 saturated carbocycles. The summed E-state index contributed by atoms with van der Waals surface area (Å²) in [5, 5.41) is 0. The topological polar surface area (TPSA) is 0 Å². The molecule has 2 aromatic rings. The molecule has 0 aliphatic carbocycles. The molecular formula is C16H25CoP. The molecule has 0 aliphatic rings. The summed E-state index contributed by atoms with van der Waals surface area (Å²) < 4.78 is 0. The van der Waals surface area contributed by atoms with Crippen LogP contribution in [0.15, 0.2) is 60.7 Å². The van der Waals surface area contributed by atoms with E-state index in [4.69, 9.17) is 0 Å². The summed E-state index contributed by atoms with van der Waals surface area (Å²) in [6.07, 6.45) is 5.65. The second-order valence-electron chi connectivity index (χ2n) is 3.67. The van der Waals surface area contributed by atoms with Crippen molar-refractivity contribution >= 4 is 8.58 Å². The zero-order valence-electron chi connectivity index (χ0n) is 11.4. The van der Waals surface area contributed by atoms with Crippen molar-refractivity contribution in [1.29, 1.82) is 0 Å². The van der Waals surface area contributed by atoms with E-state index in [1.165, 1.54) is 33.7 Å². The Morgan fingerprint density at radius 3 is 1.22 bits per heavy atom. The van der Waals surface area contributed by atoms with E-state index < -0.39 is 0 Å². The van der Waals surface area contributed by atoms with Crippen molar-refractivity contribution in [3.05, 3.63) is 60.7 Å². The third-order valence-electron chi connectivity index (χ3n) is 1.96. The van der Waals surface area contributed by atoms with Crippen molar-refractivity contribution in [2.75, 3.05) is 12.3 Å². The quantitative estimate of drug-likeness (QED) is 0.409. The molecule has 0 aromatic heterocycles. The molecule has 0 unspecified atom stereocenters. The van der Waals surface area contributed by atoms with Gasteiger partial charge in [0.1, 0.15) is 0 Å². The molecule has 1 radical (unpaired) electrons. The Morgan fingerprint density at radius 1 is 0.722 bits per heavy atom. The summed E-state index contributed by atoms with van der Waals surface area (Å²) in [5.41, 5.74) is 0. The molecular weight excluding hydrogens is 282 g/mol. The molecule has 0 amide bonds. The minimum absolute atomic E-state index is 0. The van der Waals surface area contributed by atoms with Crippen molar-refractivity contribution in [3.63, 3.8) is 0 Å². The molecule has 2 heteroatoms. The Labute approximate surface area is 125 Å². The van der Waals surface area contributed by atoms with E-state index in [-0.39, 0.29) is 16.8 Å². The molecule has 18 heavy (non-hydrogen) atoms. The monoisotopic (exact) mass is 307 g/mol. The van der Waals surface area contributed by atoms with Gasteiger partial charge in [0.25, 0.3) is 0 Å². The van der Waals surface area contributed by atoms with Crippen LogP contribution in [0.3, 0.4) is 0 Å². The molecule has 0 aliphatic heterocycles. The van der Waals surface area contributed by atoms with Gasteiger partial charge in [0.15, 0.2) is 0 Å². The molecule has 2 aromatic carbocycles. The van der Waals surface area contributed by atoms with Gasteiger partial charge in [-0.3, -0.25) is 0 Å². The summed E-state index contributed by atoms with van der Waals surface area (Å²) in [4.78, 5) is 0. The van der Waals surface area contributed by atoms with Crippen molar-refractivity contribution in [1.82, 2.24) is 0 Å². The van der Waals surface area contributed by atoms with E-state index in [1.807, 2.05) is 60.7 Å². The first kappa shape index (κ1) is 20.0. The molecule has 0 heterocycles. The van der Waals surface area contributed by atoms with Crippen molar-refractivity contribution in [2.24, 2.45) is 0 Å². The smallest absolute Gasteiger partial charge is 0.214 e. The third kappa shape index (κ3) is 18.0. The molecule has 0 N–H and O–H groups in total. The molecule has 2 rings (SSSR count). The van der Waals surface area contributed by atoms with Gasteiger partial charge in [-0.25, -0.2) is 24.3 Å². The first-order chi connectivity index (χ1) is 8.41. The SMILES string of the molecule is CCCPCCC.[Co+2].c1cc[cH-]c1.c1cc[cH-]c1. The fourth-order valence-corrected chi connectivity index (χ4v) is 2.08. The van der Waals surface area contributed by atoms with E-state index in [0.29, 0.717) is 0 Å². The summed E-state index contributed by atoms with van der Waals surface area (Å²) in [6.45, 7) is 4.51. The van der Waals surface area contributed by atoms with E-state index in [1.54, 1.807) is 0 Å². The fourth-order valence-electron chi connectivity index (χ4n) is 1.12. The molecule has 0 bridgehead atoms. The predicted molar refractivity (Wildman–Crippen MR) is 82.7 cm³/mol. The van der Waals surface area contributed by atoms with Gasteiger partial charge in [-0.1, -0.05) is 26.7 Å². The predicted octanol–water partition coefficient (Wildman–Crippen LogP) is 5.29. The van der Waals surface area contributed by atoms with Crippen LogP contribution in [0.1, 0.15) is 26.7 Å². The first-order valence-electron chi connectivity index (χ1n) is 6.45. The van der Waals surface area contributed by atoms with Gasteiger partial charge in [0.05, 0.1) is 0 Å². The van der Waals surface area contributed by atoms with Crippen LogP contribution in [0.4, 0.5) is 0 Å². The Morgan fingerprint density at radius 2 is 1.06 bits per heavy atom. The van der Waals surface area contributed by atoms with E-state index >= 15 is 0 Å². The summed E-state index contributed by atoms with van der Waals surface area (Å²) in [5.74, 6) is 0. The summed E-state index contributed by atoms with van der Waals surface area (Å²) in [6, 6.07) is 20.0. The summed E-state index contributed by atoms with van der Waals surface area (Å²) in [7, 11) is 1.23. The number of rotatable bonds is 4. The van der Waals surface area contributed by atoms with Gasteiger partial charge in [0, 0.05) is 0 Å². The van der Waals surface area contributed by atoms with Crippen LogP contribution in [0.25, 0.3) is 0 Å². The van der Waals surface area contributed by atoms with Crippen LogP contribution < -0.4 is 0 Å². The van der Waals surface area contributed by atoms with Crippen LogP contribution in [0.2, 0.25) is 0 Å². The van der Waals surface area contributed by atoms with Crippen LogP contribution in [-0.4, -0.2) is 12.3 Å². The van der Waals surface area contributed by atoms with Crippen LogP contribution in [0, 0.1) is 0 Å². The first-order valence-corrected chi connectivity index (χ1v) is 7.87. The van der Waals surface area contributed by atoms with Gasteiger partial charge in [0.2, 0.25) is 0 Å². The maximum absolute atomic E-state index is 2.25. The Kier molecular flexibility index (Phi) is 21.1. The maximum atomic E-state index is 2.25. The fraction of sp³-hybridized carbons (Fsp3) is 0.375. The normalized spacial score (nSPS) is 8.11. The maximum Gasteiger partial charge on any atom is 2.00 e. The Bertz CT molecular complexity index is 209. The van der Waals surface area contributed by atoms with E-state index in [9.17, 15) is 0 Å². The average Bonchev–Trinajstić information content (AvgIpc) is 3.08. The van der Waals surface area contributed by atoms with Gasteiger partial charge >= 0.3 is 16.8 Å². The Hall–Kier alpha value is -0.364. The van der Waals surface area contributed by atoms with E-state index in [0.717, 1.165) is 0 Å².